The number of pyridine rings is 1. The van der Waals surface area contributed by atoms with Gasteiger partial charge in [-0.3, -0.25) is 15.1 Å². The van der Waals surface area contributed by atoms with Crippen LogP contribution in [-0.4, -0.2) is 16.5 Å². The molecule has 1 aromatic heterocycles. The number of rotatable bonds is 3. The van der Waals surface area contributed by atoms with Crippen LogP contribution in [0.3, 0.4) is 0 Å². The molecule has 14 heavy (non-hydrogen) atoms. The highest BCUT2D eigenvalue weighted by molar-refractivity contribution is 5.38. The first-order valence-electron chi connectivity index (χ1n) is 4.13. The van der Waals surface area contributed by atoms with Crippen molar-refractivity contribution in [3.8, 4) is 0 Å². The van der Waals surface area contributed by atoms with Crippen LogP contribution in [0.5, 0.6) is 0 Å². The summed E-state index contributed by atoms with van der Waals surface area (Å²) in [6, 6.07) is 1.23. The predicted molar refractivity (Wildman–Crippen MR) is 51.6 cm³/mol. The standard InChI is InChI=1S/C8H12N4O2/c1-5-2-7(6(10)3-9)11-4-8(5)12(13)14/h2,4,6H,3,9-10H2,1H3/t6-/m1/s1. The Bertz CT molecular complexity index is 353. The molecule has 0 aliphatic carbocycles. The molecule has 1 aromatic rings. The Kier molecular flexibility index (Phi) is 3.10. The number of aromatic nitrogens is 1. The summed E-state index contributed by atoms with van der Waals surface area (Å²) in [6.07, 6.45) is 1.21. The van der Waals surface area contributed by atoms with E-state index in [1.165, 1.54) is 6.20 Å². The number of hydrogen-bond donors (Lipinski definition) is 2. The second kappa shape index (κ2) is 4.12. The van der Waals surface area contributed by atoms with Crippen LogP contribution < -0.4 is 11.5 Å². The molecule has 0 bridgehead atoms. The Labute approximate surface area is 81.1 Å². The molecule has 76 valence electrons. The lowest BCUT2D eigenvalue weighted by Crippen LogP contribution is -2.22. The monoisotopic (exact) mass is 196 g/mol. The normalized spacial score (nSPS) is 12.5. The molecule has 0 saturated heterocycles. The number of nitrogens with two attached hydrogens (primary N) is 2. The molecule has 0 spiro atoms. The van der Waals surface area contributed by atoms with Gasteiger partial charge in [0.25, 0.3) is 5.69 Å². The lowest BCUT2D eigenvalue weighted by atomic mass is 10.1. The molecule has 1 rings (SSSR count). The van der Waals surface area contributed by atoms with Crippen molar-refractivity contribution in [3.63, 3.8) is 0 Å². The number of nitrogens with zero attached hydrogens (tertiary/aromatic N) is 2. The highest BCUT2D eigenvalue weighted by atomic mass is 16.6. The van der Waals surface area contributed by atoms with E-state index in [0.29, 0.717) is 11.3 Å². The van der Waals surface area contributed by atoms with Crippen LogP contribution >= 0.6 is 0 Å². The zero-order valence-electron chi connectivity index (χ0n) is 7.80. The summed E-state index contributed by atoms with van der Waals surface area (Å²) in [5.74, 6) is 0. The molecular weight excluding hydrogens is 184 g/mol. The minimum absolute atomic E-state index is 0.00188. The van der Waals surface area contributed by atoms with E-state index < -0.39 is 4.92 Å². The number of hydrogen-bond acceptors (Lipinski definition) is 5. The topological polar surface area (TPSA) is 108 Å². The Morgan fingerprint density at radius 1 is 1.71 bits per heavy atom. The SMILES string of the molecule is Cc1cc([C@H](N)CN)ncc1[N+](=O)[O-]. The summed E-state index contributed by atoms with van der Waals surface area (Å²) < 4.78 is 0. The first-order chi connectivity index (χ1) is 6.56. The molecule has 1 heterocycles. The molecule has 0 amide bonds. The molecule has 4 N–H and O–H groups in total. The van der Waals surface area contributed by atoms with E-state index in [1.54, 1.807) is 13.0 Å². The lowest BCUT2D eigenvalue weighted by Gasteiger charge is -2.08. The van der Waals surface area contributed by atoms with Crippen LogP contribution in [-0.2, 0) is 0 Å². The molecule has 0 fully saturated rings. The van der Waals surface area contributed by atoms with Gasteiger partial charge in [0.2, 0.25) is 0 Å². The maximum Gasteiger partial charge on any atom is 0.290 e. The Balaban J connectivity index is 3.06. The molecule has 0 aromatic carbocycles. The third-order valence-electron chi connectivity index (χ3n) is 1.93. The summed E-state index contributed by atoms with van der Waals surface area (Å²) in [6.45, 7) is 1.91. The molecule has 0 radical (unpaired) electrons. The number of aryl methyl sites for hydroxylation is 1. The number of nitro groups is 1. The third kappa shape index (κ3) is 2.04. The van der Waals surface area contributed by atoms with Crippen molar-refractivity contribution in [2.75, 3.05) is 6.54 Å². The summed E-state index contributed by atoms with van der Waals surface area (Å²) in [5, 5.41) is 10.5. The van der Waals surface area contributed by atoms with Gasteiger partial charge in [-0.25, -0.2) is 0 Å². The smallest absolute Gasteiger partial charge is 0.290 e. The van der Waals surface area contributed by atoms with Gasteiger partial charge in [-0.2, -0.15) is 0 Å². The Morgan fingerprint density at radius 2 is 2.36 bits per heavy atom. The van der Waals surface area contributed by atoms with Crippen molar-refractivity contribution in [1.29, 1.82) is 0 Å². The summed E-state index contributed by atoms with van der Waals surface area (Å²) in [5.41, 5.74) is 12.1. The van der Waals surface area contributed by atoms with E-state index in [2.05, 4.69) is 4.98 Å². The average Bonchev–Trinajstić information content (AvgIpc) is 2.15. The zero-order valence-corrected chi connectivity index (χ0v) is 7.80. The van der Waals surface area contributed by atoms with Crippen LogP contribution in [0.15, 0.2) is 12.3 Å². The van der Waals surface area contributed by atoms with Crippen LogP contribution in [0, 0.1) is 17.0 Å². The second-order valence-corrected chi connectivity index (χ2v) is 2.99. The van der Waals surface area contributed by atoms with E-state index in [-0.39, 0.29) is 18.3 Å². The van der Waals surface area contributed by atoms with Crippen molar-refractivity contribution in [2.45, 2.75) is 13.0 Å². The molecule has 0 aliphatic heterocycles. The van der Waals surface area contributed by atoms with E-state index in [9.17, 15) is 10.1 Å². The van der Waals surface area contributed by atoms with E-state index in [4.69, 9.17) is 11.5 Å². The minimum Gasteiger partial charge on any atom is -0.329 e. The maximum absolute atomic E-state index is 10.5. The van der Waals surface area contributed by atoms with Gasteiger partial charge in [0.1, 0.15) is 6.20 Å². The van der Waals surface area contributed by atoms with Gasteiger partial charge in [-0.05, 0) is 13.0 Å². The predicted octanol–water partition coefficient (Wildman–Crippen LogP) is 0.257. The molecule has 0 unspecified atom stereocenters. The van der Waals surface area contributed by atoms with Gasteiger partial charge >= 0.3 is 0 Å². The van der Waals surface area contributed by atoms with Crippen molar-refractivity contribution in [2.24, 2.45) is 11.5 Å². The van der Waals surface area contributed by atoms with Gasteiger partial charge in [0.05, 0.1) is 16.7 Å². The van der Waals surface area contributed by atoms with Crippen LogP contribution in [0.4, 0.5) is 5.69 Å². The van der Waals surface area contributed by atoms with Crippen LogP contribution in [0.2, 0.25) is 0 Å². The second-order valence-electron chi connectivity index (χ2n) is 2.99. The van der Waals surface area contributed by atoms with Crippen molar-refractivity contribution >= 4 is 5.69 Å². The van der Waals surface area contributed by atoms with Crippen molar-refractivity contribution in [1.82, 2.24) is 4.98 Å². The van der Waals surface area contributed by atoms with Crippen molar-refractivity contribution < 1.29 is 4.92 Å². The van der Waals surface area contributed by atoms with Gasteiger partial charge in [0, 0.05) is 12.1 Å². The molecule has 0 aliphatic rings. The highest BCUT2D eigenvalue weighted by Gasteiger charge is 2.13. The zero-order chi connectivity index (χ0) is 10.7. The van der Waals surface area contributed by atoms with Gasteiger partial charge in [-0.1, -0.05) is 0 Å². The fourth-order valence-electron chi connectivity index (χ4n) is 1.09. The molecule has 6 heteroatoms. The first kappa shape index (κ1) is 10.6. The summed E-state index contributed by atoms with van der Waals surface area (Å²) in [7, 11) is 0. The van der Waals surface area contributed by atoms with E-state index in [1.807, 2.05) is 0 Å². The molecule has 0 saturated carbocycles. The largest absolute Gasteiger partial charge is 0.329 e. The lowest BCUT2D eigenvalue weighted by molar-refractivity contribution is -0.385. The highest BCUT2D eigenvalue weighted by Crippen LogP contribution is 2.18. The first-order valence-corrected chi connectivity index (χ1v) is 4.13. The summed E-state index contributed by atoms with van der Waals surface area (Å²) >= 11 is 0. The molecular formula is C8H12N4O2. The van der Waals surface area contributed by atoms with Crippen LogP contribution in [0.25, 0.3) is 0 Å². The maximum atomic E-state index is 10.5. The Hall–Kier alpha value is -1.53. The minimum atomic E-state index is -0.472. The quantitative estimate of drug-likeness (QED) is 0.532. The van der Waals surface area contributed by atoms with Gasteiger partial charge < -0.3 is 11.5 Å². The molecule has 1 atom stereocenters. The van der Waals surface area contributed by atoms with Gasteiger partial charge in [-0.15, -0.1) is 0 Å². The Morgan fingerprint density at radius 3 is 2.79 bits per heavy atom. The van der Waals surface area contributed by atoms with E-state index in [0.717, 1.165) is 0 Å². The third-order valence-corrected chi connectivity index (χ3v) is 1.93. The molecule has 6 nitrogen and oxygen atoms in total. The fraction of sp³-hybridized carbons (Fsp3) is 0.375. The fourth-order valence-corrected chi connectivity index (χ4v) is 1.09. The van der Waals surface area contributed by atoms with Crippen LogP contribution in [0.1, 0.15) is 17.3 Å². The van der Waals surface area contributed by atoms with E-state index >= 15 is 0 Å². The van der Waals surface area contributed by atoms with Crippen molar-refractivity contribution in [3.05, 3.63) is 33.6 Å². The average molecular weight is 196 g/mol. The summed E-state index contributed by atoms with van der Waals surface area (Å²) in [4.78, 5) is 13.9. The van der Waals surface area contributed by atoms with Gasteiger partial charge in [0.15, 0.2) is 0 Å².